The van der Waals surface area contributed by atoms with Crippen LogP contribution in [0.1, 0.15) is 26.2 Å². The van der Waals surface area contributed by atoms with Crippen molar-refractivity contribution >= 4 is 11.8 Å². The highest BCUT2D eigenvalue weighted by atomic mass is 19.1. The number of rotatable bonds is 2. The van der Waals surface area contributed by atoms with Gasteiger partial charge in [0.1, 0.15) is 0 Å². The first-order chi connectivity index (χ1) is 7.70. The summed E-state index contributed by atoms with van der Waals surface area (Å²) in [5.41, 5.74) is 5.49. The molecule has 0 aliphatic carbocycles. The van der Waals surface area contributed by atoms with Gasteiger partial charge in [-0.3, -0.25) is 0 Å². The number of anilines is 2. The number of nitrogens with two attached hydrogens (primary N) is 1. The molecule has 1 aliphatic rings. The number of hydrogen-bond donors (Lipinski definition) is 1. The molecule has 0 bridgehead atoms. The van der Waals surface area contributed by atoms with Crippen LogP contribution in [-0.2, 0) is 0 Å². The van der Waals surface area contributed by atoms with Crippen LogP contribution in [0.2, 0.25) is 0 Å². The topological polar surface area (TPSA) is 55.0 Å². The highest BCUT2D eigenvalue weighted by Gasteiger charge is 2.22. The molecule has 4 nitrogen and oxygen atoms in total. The van der Waals surface area contributed by atoms with Crippen molar-refractivity contribution in [2.24, 2.45) is 5.92 Å². The molecule has 0 radical (unpaired) electrons. The van der Waals surface area contributed by atoms with Crippen LogP contribution in [0.25, 0.3) is 0 Å². The first-order valence-corrected chi connectivity index (χ1v) is 5.73. The zero-order valence-electron chi connectivity index (χ0n) is 9.49. The van der Waals surface area contributed by atoms with Crippen molar-refractivity contribution in [3.63, 3.8) is 0 Å². The van der Waals surface area contributed by atoms with Gasteiger partial charge in [-0.2, -0.15) is 4.98 Å². The minimum Gasteiger partial charge on any atom is -0.368 e. The minimum atomic E-state index is -0.383. The quantitative estimate of drug-likeness (QED) is 0.832. The number of hydrogen-bond acceptors (Lipinski definition) is 4. The molecule has 2 rings (SSSR count). The van der Waals surface area contributed by atoms with Crippen LogP contribution in [0.5, 0.6) is 0 Å². The third-order valence-electron chi connectivity index (χ3n) is 3.14. The van der Waals surface area contributed by atoms with Gasteiger partial charge in [-0.15, -0.1) is 0 Å². The minimum absolute atomic E-state index is 0.134. The first kappa shape index (κ1) is 11.1. The molecule has 1 aromatic rings. The van der Waals surface area contributed by atoms with Crippen molar-refractivity contribution in [2.45, 2.75) is 26.2 Å². The number of halogens is 1. The second-order valence-electron chi connectivity index (χ2n) is 4.26. The van der Waals surface area contributed by atoms with E-state index in [9.17, 15) is 4.39 Å². The van der Waals surface area contributed by atoms with Gasteiger partial charge in [0.15, 0.2) is 11.6 Å². The normalized spacial score (nSPS) is 21.1. The molecule has 2 heterocycles. The second kappa shape index (κ2) is 4.63. The second-order valence-corrected chi connectivity index (χ2v) is 4.26. The van der Waals surface area contributed by atoms with E-state index in [0.29, 0.717) is 11.7 Å². The van der Waals surface area contributed by atoms with E-state index in [1.165, 1.54) is 6.42 Å². The van der Waals surface area contributed by atoms with E-state index in [1.54, 1.807) is 0 Å². The zero-order valence-corrected chi connectivity index (χ0v) is 9.49. The van der Waals surface area contributed by atoms with Gasteiger partial charge < -0.3 is 10.6 Å². The molecule has 1 fully saturated rings. The molecule has 2 N–H and O–H groups in total. The summed E-state index contributed by atoms with van der Waals surface area (Å²) in [6, 6.07) is 0. The monoisotopic (exact) mass is 224 g/mol. The van der Waals surface area contributed by atoms with E-state index in [1.807, 2.05) is 4.90 Å². The average Bonchev–Trinajstić information content (AvgIpc) is 2.32. The van der Waals surface area contributed by atoms with Gasteiger partial charge in [-0.1, -0.05) is 13.3 Å². The average molecular weight is 224 g/mol. The lowest BCUT2D eigenvalue weighted by Gasteiger charge is -2.33. The Morgan fingerprint density at radius 1 is 1.62 bits per heavy atom. The van der Waals surface area contributed by atoms with E-state index in [4.69, 9.17) is 5.73 Å². The highest BCUT2D eigenvalue weighted by Crippen LogP contribution is 2.25. The molecule has 0 spiro atoms. The summed E-state index contributed by atoms with van der Waals surface area (Å²) >= 11 is 0. The Balaban J connectivity index is 2.19. The van der Waals surface area contributed by atoms with Crippen molar-refractivity contribution in [2.75, 3.05) is 23.7 Å². The van der Waals surface area contributed by atoms with Crippen molar-refractivity contribution < 1.29 is 4.39 Å². The van der Waals surface area contributed by atoms with Gasteiger partial charge in [0, 0.05) is 13.1 Å². The first-order valence-electron chi connectivity index (χ1n) is 5.73. The van der Waals surface area contributed by atoms with Crippen LogP contribution in [-0.4, -0.2) is 23.1 Å². The fraction of sp³-hybridized carbons (Fsp3) is 0.636. The SMILES string of the molecule is CCC1CCCN(c2nc(N)ncc2F)C1. The smallest absolute Gasteiger partial charge is 0.222 e. The molecular weight excluding hydrogens is 207 g/mol. The van der Waals surface area contributed by atoms with Gasteiger partial charge in [-0.05, 0) is 18.8 Å². The lowest BCUT2D eigenvalue weighted by atomic mass is 9.96. The summed E-state index contributed by atoms with van der Waals surface area (Å²) in [5, 5.41) is 0. The standard InChI is InChI=1S/C11H17FN4/c1-2-8-4-3-5-16(7-8)10-9(12)6-14-11(13)15-10/h6,8H,2-5,7H2,1H3,(H2,13,14,15). The van der Waals surface area contributed by atoms with Crippen LogP contribution < -0.4 is 10.6 Å². The Kier molecular flexibility index (Phi) is 3.22. The lowest BCUT2D eigenvalue weighted by Crippen LogP contribution is -2.36. The Labute approximate surface area is 94.7 Å². The van der Waals surface area contributed by atoms with E-state index >= 15 is 0 Å². The Morgan fingerprint density at radius 3 is 3.19 bits per heavy atom. The van der Waals surface area contributed by atoms with E-state index in [-0.39, 0.29) is 11.8 Å². The third kappa shape index (κ3) is 2.23. The van der Waals surface area contributed by atoms with E-state index in [2.05, 4.69) is 16.9 Å². The fourth-order valence-corrected chi connectivity index (χ4v) is 2.18. The Morgan fingerprint density at radius 2 is 2.44 bits per heavy atom. The van der Waals surface area contributed by atoms with Crippen LogP contribution in [0.15, 0.2) is 6.20 Å². The molecule has 0 amide bonds. The molecule has 1 aromatic heterocycles. The van der Waals surface area contributed by atoms with Gasteiger partial charge in [0.25, 0.3) is 0 Å². The summed E-state index contributed by atoms with van der Waals surface area (Å²) in [7, 11) is 0. The maximum atomic E-state index is 13.6. The number of piperidine rings is 1. The van der Waals surface area contributed by atoms with Crippen LogP contribution >= 0.6 is 0 Å². The zero-order chi connectivity index (χ0) is 11.5. The Bertz CT molecular complexity index is 369. The van der Waals surface area contributed by atoms with Crippen molar-refractivity contribution in [1.29, 1.82) is 0 Å². The molecule has 5 heteroatoms. The maximum Gasteiger partial charge on any atom is 0.222 e. The Hall–Kier alpha value is -1.39. The van der Waals surface area contributed by atoms with Crippen LogP contribution in [0.3, 0.4) is 0 Å². The van der Waals surface area contributed by atoms with Gasteiger partial charge in [0.05, 0.1) is 6.20 Å². The van der Waals surface area contributed by atoms with Gasteiger partial charge >= 0.3 is 0 Å². The van der Waals surface area contributed by atoms with Gasteiger partial charge in [-0.25, -0.2) is 9.37 Å². The summed E-state index contributed by atoms with van der Waals surface area (Å²) in [6.07, 6.45) is 4.57. The largest absolute Gasteiger partial charge is 0.368 e. The predicted molar refractivity (Wildman–Crippen MR) is 61.6 cm³/mol. The molecule has 1 saturated heterocycles. The molecule has 1 aliphatic heterocycles. The summed E-state index contributed by atoms with van der Waals surface area (Å²) in [4.78, 5) is 9.60. The molecule has 0 saturated carbocycles. The lowest BCUT2D eigenvalue weighted by molar-refractivity contribution is 0.399. The molecule has 1 unspecified atom stereocenters. The van der Waals surface area contributed by atoms with Crippen LogP contribution in [0.4, 0.5) is 16.2 Å². The van der Waals surface area contributed by atoms with Crippen LogP contribution in [0, 0.1) is 11.7 Å². The highest BCUT2D eigenvalue weighted by molar-refractivity contribution is 5.42. The number of nitrogens with zero attached hydrogens (tertiary/aromatic N) is 3. The number of aromatic nitrogens is 2. The molecular formula is C11H17FN4. The molecule has 0 aromatic carbocycles. The summed E-state index contributed by atoms with van der Waals surface area (Å²) in [6.45, 7) is 3.88. The fourth-order valence-electron chi connectivity index (χ4n) is 2.18. The van der Waals surface area contributed by atoms with Crippen molar-refractivity contribution in [1.82, 2.24) is 9.97 Å². The summed E-state index contributed by atoms with van der Waals surface area (Å²) < 4.78 is 13.6. The maximum absolute atomic E-state index is 13.6. The number of nitrogen functional groups attached to an aromatic ring is 1. The third-order valence-corrected chi connectivity index (χ3v) is 3.14. The molecule has 1 atom stereocenters. The molecule has 16 heavy (non-hydrogen) atoms. The van der Waals surface area contributed by atoms with E-state index < -0.39 is 0 Å². The molecule has 88 valence electrons. The van der Waals surface area contributed by atoms with Crippen molar-refractivity contribution in [3.05, 3.63) is 12.0 Å². The van der Waals surface area contributed by atoms with Gasteiger partial charge in [0.2, 0.25) is 5.95 Å². The van der Waals surface area contributed by atoms with Crippen molar-refractivity contribution in [3.8, 4) is 0 Å². The van der Waals surface area contributed by atoms with E-state index in [0.717, 1.165) is 32.1 Å². The predicted octanol–water partition coefficient (Wildman–Crippen LogP) is 1.82. The summed E-state index contributed by atoms with van der Waals surface area (Å²) in [5.74, 6) is 0.732.